The first-order valence-electron chi connectivity index (χ1n) is 3.60. The molecule has 0 saturated heterocycles. The van der Waals surface area contributed by atoms with E-state index in [-0.39, 0.29) is 5.92 Å². The van der Waals surface area contributed by atoms with Gasteiger partial charge >= 0.3 is 0 Å². The van der Waals surface area contributed by atoms with E-state index in [4.69, 9.17) is 0 Å². The highest BCUT2D eigenvalue weighted by Crippen LogP contribution is 2.13. The van der Waals surface area contributed by atoms with Gasteiger partial charge in [-0.3, -0.25) is 0 Å². The van der Waals surface area contributed by atoms with E-state index in [1.807, 2.05) is 19.9 Å². The standard InChI is InChI=1S/C8H11NOS/c1-6(5-10)3-8-4-7(2)9-11-8/h4-6H,3H2,1-2H3. The number of hydrogen-bond acceptors (Lipinski definition) is 3. The summed E-state index contributed by atoms with van der Waals surface area (Å²) in [5.74, 6) is 0.120. The zero-order chi connectivity index (χ0) is 8.27. The first kappa shape index (κ1) is 8.40. The van der Waals surface area contributed by atoms with Crippen molar-refractivity contribution in [3.05, 3.63) is 16.6 Å². The van der Waals surface area contributed by atoms with Crippen molar-refractivity contribution in [1.29, 1.82) is 0 Å². The lowest BCUT2D eigenvalue weighted by atomic mass is 10.1. The Morgan fingerprint density at radius 2 is 2.55 bits per heavy atom. The predicted octanol–water partition coefficient (Wildman–Crippen LogP) is 1.83. The maximum Gasteiger partial charge on any atom is 0.123 e. The molecular weight excluding hydrogens is 158 g/mol. The molecule has 0 aromatic carbocycles. The van der Waals surface area contributed by atoms with Crippen molar-refractivity contribution in [2.24, 2.45) is 5.92 Å². The molecule has 60 valence electrons. The molecule has 0 amide bonds. The van der Waals surface area contributed by atoms with Gasteiger partial charge in [0.05, 0.1) is 5.69 Å². The van der Waals surface area contributed by atoms with Crippen LogP contribution in [0.3, 0.4) is 0 Å². The van der Waals surface area contributed by atoms with Gasteiger partial charge in [0.2, 0.25) is 0 Å². The molecule has 0 aliphatic heterocycles. The van der Waals surface area contributed by atoms with E-state index >= 15 is 0 Å². The molecule has 0 bridgehead atoms. The van der Waals surface area contributed by atoms with E-state index in [2.05, 4.69) is 4.37 Å². The van der Waals surface area contributed by atoms with Crippen LogP contribution in [0, 0.1) is 12.8 Å². The number of nitrogens with zero attached hydrogens (tertiary/aromatic N) is 1. The molecule has 0 radical (unpaired) electrons. The summed E-state index contributed by atoms with van der Waals surface area (Å²) in [5.41, 5.74) is 1.04. The Bertz CT molecular complexity index is 244. The summed E-state index contributed by atoms with van der Waals surface area (Å²) < 4.78 is 4.13. The van der Waals surface area contributed by atoms with Crippen LogP contribution in [-0.4, -0.2) is 10.7 Å². The molecule has 1 rings (SSSR count). The minimum absolute atomic E-state index is 0.120. The first-order chi connectivity index (χ1) is 5.22. The van der Waals surface area contributed by atoms with Gasteiger partial charge in [-0.15, -0.1) is 0 Å². The van der Waals surface area contributed by atoms with Crippen LogP contribution in [0.2, 0.25) is 0 Å². The lowest BCUT2D eigenvalue weighted by Crippen LogP contribution is -1.98. The fourth-order valence-electron chi connectivity index (χ4n) is 0.878. The van der Waals surface area contributed by atoms with Crippen molar-refractivity contribution in [3.8, 4) is 0 Å². The number of hydrogen-bond donors (Lipinski definition) is 0. The van der Waals surface area contributed by atoms with E-state index in [1.54, 1.807) is 0 Å². The van der Waals surface area contributed by atoms with Gasteiger partial charge in [-0.05, 0) is 30.9 Å². The van der Waals surface area contributed by atoms with Crippen LogP contribution >= 0.6 is 11.5 Å². The van der Waals surface area contributed by atoms with Crippen LogP contribution in [0.5, 0.6) is 0 Å². The highest BCUT2D eigenvalue weighted by Gasteiger charge is 2.03. The number of carbonyl (C=O) groups excluding carboxylic acids is 1. The van der Waals surface area contributed by atoms with E-state index in [0.717, 1.165) is 18.4 Å². The monoisotopic (exact) mass is 169 g/mol. The van der Waals surface area contributed by atoms with Crippen molar-refractivity contribution >= 4 is 17.8 Å². The molecule has 1 atom stereocenters. The molecule has 11 heavy (non-hydrogen) atoms. The largest absolute Gasteiger partial charge is 0.303 e. The van der Waals surface area contributed by atoms with Crippen LogP contribution in [0.25, 0.3) is 0 Å². The molecule has 1 aromatic rings. The molecule has 0 aliphatic rings. The molecule has 1 aromatic heterocycles. The average Bonchev–Trinajstić information content (AvgIpc) is 2.35. The van der Waals surface area contributed by atoms with Gasteiger partial charge < -0.3 is 4.79 Å². The minimum atomic E-state index is 0.120. The van der Waals surface area contributed by atoms with Gasteiger partial charge in [-0.2, -0.15) is 4.37 Å². The Labute approximate surface area is 70.4 Å². The number of aryl methyl sites for hydroxylation is 1. The Kier molecular flexibility index (Phi) is 2.76. The van der Waals surface area contributed by atoms with Gasteiger partial charge in [0.1, 0.15) is 6.29 Å². The summed E-state index contributed by atoms with van der Waals surface area (Å²) in [4.78, 5) is 11.5. The number of carbonyl (C=O) groups is 1. The first-order valence-corrected chi connectivity index (χ1v) is 4.37. The van der Waals surface area contributed by atoms with Crippen LogP contribution in [-0.2, 0) is 11.2 Å². The number of rotatable bonds is 3. The van der Waals surface area contributed by atoms with Gasteiger partial charge in [0, 0.05) is 10.8 Å². The lowest BCUT2D eigenvalue weighted by molar-refractivity contribution is -0.110. The average molecular weight is 169 g/mol. The second-order valence-corrected chi connectivity index (χ2v) is 3.64. The Balaban J connectivity index is 2.57. The van der Waals surface area contributed by atoms with Crippen molar-refractivity contribution in [2.75, 3.05) is 0 Å². The fraction of sp³-hybridized carbons (Fsp3) is 0.500. The maximum atomic E-state index is 10.3. The van der Waals surface area contributed by atoms with Gasteiger partial charge in [-0.25, -0.2) is 0 Å². The normalized spacial score (nSPS) is 12.9. The summed E-state index contributed by atoms with van der Waals surface area (Å²) in [7, 11) is 0. The van der Waals surface area contributed by atoms with Gasteiger partial charge in [0.25, 0.3) is 0 Å². The highest BCUT2D eigenvalue weighted by atomic mass is 32.1. The van der Waals surface area contributed by atoms with Crippen molar-refractivity contribution < 1.29 is 4.79 Å². The molecule has 2 nitrogen and oxygen atoms in total. The topological polar surface area (TPSA) is 30.0 Å². The molecule has 0 spiro atoms. The molecule has 1 heterocycles. The Morgan fingerprint density at radius 1 is 1.82 bits per heavy atom. The third-order valence-corrected chi connectivity index (χ3v) is 2.33. The van der Waals surface area contributed by atoms with Crippen molar-refractivity contribution in [2.45, 2.75) is 20.3 Å². The lowest BCUT2D eigenvalue weighted by Gasteiger charge is -1.96. The van der Waals surface area contributed by atoms with E-state index in [0.29, 0.717) is 0 Å². The molecule has 0 saturated carbocycles. The fourth-order valence-corrected chi connectivity index (χ4v) is 1.75. The molecular formula is C8H11NOS. The second kappa shape index (κ2) is 3.62. The third-order valence-electron chi connectivity index (χ3n) is 1.43. The highest BCUT2D eigenvalue weighted by molar-refractivity contribution is 7.05. The number of aromatic nitrogens is 1. The summed E-state index contributed by atoms with van der Waals surface area (Å²) >= 11 is 1.48. The van der Waals surface area contributed by atoms with E-state index in [9.17, 15) is 4.79 Å². The van der Waals surface area contributed by atoms with E-state index < -0.39 is 0 Å². The molecule has 3 heteroatoms. The predicted molar refractivity (Wildman–Crippen MR) is 45.8 cm³/mol. The van der Waals surface area contributed by atoms with Crippen LogP contribution in [0.15, 0.2) is 6.07 Å². The molecule has 0 N–H and O–H groups in total. The zero-order valence-electron chi connectivity index (χ0n) is 6.70. The zero-order valence-corrected chi connectivity index (χ0v) is 7.52. The Hall–Kier alpha value is -0.700. The summed E-state index contributed by atoms with van der Waals surface area (Å²) in [6.45, 7) is 3.88. The molecule has 0 fully saturated rings. The smallest absolute Gasteiger partial charge is 0.123 e. The second-order valence-electron chi connectivity index (χ2n) is 2.75. The van der Waals surface area contributed by atoms with Crippen LogP contribution in [0.1, 0.15) is 17.5 Å². The maximum absolute atomic E-state index is 10.3. The van der Waals surface area contributed by atoms with Crippen LogP contribution in [0.4, 0.5) is 0 Å². The van der Waals surface area contributed by atoms with Crippen LogP contribution < -0.4 is 0 Å². The summed E-state index contributed by atoms with van der Waals surface area (Å²) in [6.07, 6.45) is 1.81. The minimum Gasteiger partial charge on any atom is -0.303 e. The summed E-state index contributed by atoms with van der Waals surface area (Å²) in [5, 5.41) is 0. The van der Waals surface area contributed by atoms with Crippen molar-refractivity contribution in [1.82, 2.24) is 4.37 Å². The summed E-state index contributed by atoms with van der Waals surface area (Å²) in [6, 6.07) is 2.03. The quantitative estimate of drug-likeness (QED) is 0.646. The molecule has 0 aliphatic carbocycles. The SMILES string of the molecule is Cc1cc(CC(C)C=O)sn1. The van der Waals surface area contributed by atoms with E-state index in [1.165, 1.54) is 16.4 Å². The third kappa shape index (κ3) is 2.42. The van der Waals surface area contributed by atoms with Gasteiger partial charge in [0.15, 0.2) is 0 Å². The molecule has 1 unspecified atom stereocenters. The van der Waals surface area contributed by atoms with Crippen molar-refractivity contribution in [3.63, 3.8) is 0 Å². The van der Waals surface area contributed by atoms with Gasteiger partial charge in [-0.1, -0.05) is 6.92 Å². The number of aldehydes is 1. The Morgan fingerprint density at radius 3 is 3.00 bits per heavy atom.